The Hall–Kier alpha value is -1.20. The topological polar surface area (TPSA) is 0 Å². The Morgan fingerprint density at radius 1 is 0.909 bits per heavy atom. The van der Waals surface area contributed by atoms with Crippen LogP contribution in [-0.4, -0.2) is 12.4 Å². The number of benzene rings is 1. The molecule has 0 aliphatic heterocycles. The second-order valence-electron chi connectivity index (χ2n) is 5.95. The summed E-state index contributed by atoms with van der Waals surface area (Å²) in [6.45, 7) is 7.15. The third-order valence-corrected chi connectivity index (χ3v) is 4.41. The Kier molecular flexibility index (Phi) is 4.95. The summed E-state index contributed by atoms with van der Waals surface area (Å²) in [4.78, 5) is 0. The lowest BCUT2D eigenvalue weighted by Crippen LogP contribution is -2.51. The van der Waals surface area contributed by atoms with Crippen molar-refractivity contribution in [2.45, 2.75) is 64.7 Å². The lowest BCUT2D eigenvalue weighted by molar-refractivity contribution is -0.297. The van der Waals surface area contributed by atoms with Gasteiger partial charge in [-0.05, 0) is 55.4 Å². The molecule has 22 heavy (non-hydrogen) atoms. The predicted molar refractivity (Wildman–Crippen MR) is 74.1 cm³/mol. The maximum atomic E-state index is 13.2. The standard InChI is InChI=1S/C16H20F6/c1-6-9(2)13-10(3)7-12(8-11(13)4)14(5,15(17,18)19)16(20,21)22/h7-9H,6H2,1-5H3. The fourth-order valence-electron chi connectivity index (χ4n) is 2.73. The Balaban J connectivity index is 3.62. The van der Waals surface area contributed by atoms with Crippen molar-refractivity contribution in [3.05, 3.63) is 34.4 Å². The first kappa shape index (κ1) is 18.8. The van der Waals surface area contributed by atoms with Crippen LogP contribution in [0.1, 0.15) is 55.4 Å². The Morgan fingerprint density at radius 2 is 1.27 bits per heavy atom. The molecule has 0 N–H and O–H groups in total. The van der Waals surface area contributed by atoms with E-state index in [-0.39, 0.29) is 12.8 Å². The molecule has 0 nitrogen and oxygen atoms in total. The van der Waals surface area contributed by atoms with Crippen molar-refractivity contribution in [1.29, 1.82) is 0 Å². The summed E-state index contributed by atoms with van der Waals surface area (Å²) in [5.41, 5.74) is -2.88. The molecule has 0 bridgehead atoms. The Labute approximate surface area is 126 Å². The SMILES string of the molecule is CCC(C)c1c(C)cc(C(C)(C(F)(F)F)C(F)(F)F)cc1C. The molecule has 1 rings (SSSR count). The van der Waals surface area contributed by atoms with Crippen molar-refractivity contribution in [1.82, 2.24) is 0 Å². The van der Waals surface area contributed by atoms with Gasteiger partial charge in [-0.2, -0.15) is 26.3 Å². The number of hydrogen-bond donors (Lipinski definition) is 0. The zero-order valence-electron chi connectivity index (χ0n) is 13.2. The molecule has 0 aromatic heterocycles. The molecule has 1 unspecified atom stereocenters. The molecule has 0 fully saturated rings. The summed E-state index contributed by atoms with van der Waals surface area (Å²) in [6, 6.07) is 2.05. The summed E-state index contributed by atoms with van der Waals surface area (Å²) >= 11 is 0. The zero-order chi connectivity index (χ0) is 17.5. The molecule has 0 spiro atoms. The molecule has 0 saturated carbocycles. The summed E-state index contributed by atoms with van der Waals surface area (Å²) in [7, 11) is 0. The van der Waals surface area contributed by atoms with Crippen molar-refractivity contribution in [3.8, 4) is 0 Å². The minimum absolute atomic E-state index is 0.0806. The van der Waals surface area contributed by atoms with Gasteiger partial charge in [-0.1, -0.05) is 26.0 Å². The molecule has 0 amide bonds. The second-order valence-corrected chi connectivity index (χ2v) is 5.95. The minimum Gasteiger partial charge on any atom is -0.170 e. The highest BCUT2D eigenvalue weighted by Crippen LogP contribution is 2.52. The smallest absolute Gasteiger partial charge is 0.170 e. The van der Waals surface area contributed by atoms with E-state index in [0.717, 1.165) is 24.1 Å². The van der Waals surface area contributed by atoms with Gasteiger partial charge < -0.3 is 0 Å². The Morgan fingerprint density at radius 3 is 1.55 bits per heavy atom. The molecular formula is C16H20F6. The van der Waals surface area contributed by atoms with Crippen LogP contribution < -0.4 is 0 Å². The van der Waals surface area contributed by atoms with Crippen LogP contribution in [-0.2, 0) is 5.41 Å². The van der Waals surface area contributed by atoms with Crippen LogP contribution in [0.4, 0.5) is 26.3 Å². The maximum Gasteiger partial charge on any atom is 0.406 e. The van der Waals surface area contributed by atoms with Gasteiger partial charge in [0.25, 0.3) is 0 Å². The molecule has 0 saturated heterocycles. The molecule has 126 valence electrons. The van der Waals surface area contributed by atoms with E-state index in [1.165, 1.54) is 0 Å². The van der Waals surface area contributed by atoms with E-state index < -0.39 is 23.3 Å². The van der Waals surface area contributed by atoms with Crippen molar-refractivity contribution in [3.63, 3.8) is 0 Å². The van der Waals surface area contributed by atoms with Crippen LogP contribution >= 0.6 is 0 Å². The quantitative estimate of drug-likeness (QED) is 0.580. The van der Waals surface area contributed by atoms with Gasteiger partial charge in [-0.3, -0.25) is 0 Å². The number of rotatable bonds is 3. The number of halogens is 6. The summed E-state index contributed by atoms with van der Waals surface area (Å²) in [5, 5.41) is 0. The van der Waals surface area contributed by atoms with Gasteiger partial charge in [-0.15, -0.1) is 0 Å². The van der Waals surface area contributed by atoms with Gasteiger partial charge in [0, 0.05) is 0 Å². The molecule has 6 heteroatoms. The van der Waals surface area contributed by atoms with E-state index in [4.69, 9.17) is 0 Å². The van der Waals surface area contributed by atoms with Gasteiger partial charge in [0.15, 0.2) is 5.41 Å². The molecule has 1 aromatic rings. The predicted octanol–water partition coefficient (Wildman–Crippen LogP) is 6.20. The number of alkyl halides is 6. The molecule has 1 aromatic carbocycles. The number of hydrogen-bond acceptors (Lipinski definition) is 0. The highest BCUT2D eigenvalue weighted by atomic mass is 19.4. The van der Waals surface area contributed by atoms with Crippen molar-refractivity contribution in [2.75, 3.05) is 0 Å². The summed E-state index contributed by atoms with van der Waals surface area (Å²) < 4.78 is 78.9. The van der Waals surface area contributed by atoms with Crippen LogP contribution in [0.15, 0.2) is 12.1 Å². The van der Waals surface area contributed by atoms with Crippen molar-refractivity contribution < 1.29 is 26.3 Å². The average molecular weight is 326 g/mol. The summed E-state index contributed by atoms with van der Waals surface area (Å²) in [6.07, 6.45) is -10.1. The normalized spacial score (nSPS) is 15.0. The van der Waals surface area contributed by atoms with Gasteiger partial charge >= 0.3 is 12.4 Å². The molecular weight excluding hydrogens is 306 g/mol. The minimum atomic E-state index is -5.41. The van der Waals surface area contributed by atoms with Crippen LogP contribution in [0.5, 0.6) is 0 Å². The average Bonchev–Trinajstić information content (AvgIpc) is 2.33. The Bertz CT molecular complexity index is 502. The lowest BCUT2D eigenvalue weighted by Gasteiger charge is -2.35. The van der Waals surface area contributed by atoms with Gasteiger partial charge in [0.05, 0.1) is 0 Å². The molecule has 1 atom stereocenters. The van der Waals surface area contributed by atoms with E-state index in [9.17, 15) is 26.3 Å². The van der Waals surface area contributed by atoms with E-state index in [2.05, 4.69) is 0 Å². The fraction of sp³-hybridized carbons (Fsp3) is 0.625. The van der Waals surface area contributed by atoms with E-state index in [0.29, 0.717) is 11.1 Å². The highest BCUT2D eigenvalue weighted by molar-refractivity contribution is 5.44. The van der Waals surface area contributed by atoms with Crippen LogP contribution in [0.2, 0.25) is 0 Å². The maximum absolute atomic E-state index is 13.2. The first-order valence-electron chi connectivity index (χ1n) is 7.02. The first-order valence-corrected chi connectivity index (χ1v) is 7.02. The van der Waals surface area contributed by atoms with Crippen LogP contribution in [0, 0.1) is 13.8 Å². The third-order valence-electron chi connectivity index (χ3n) is 4.41. The molecule has 0 heterocycles. The largest absolute Gasteiger partial charge is 0.406 e. The van der Waals surface area contributed by atoms with Crippen molar-refractivity contribution in [2.24, 2.45) is 0 Å². The fourth-order valence-corrected chi connectivity index (χ4v) is 2.73. The number of aryl methyl sites for hydroxylation is 2. The van der Waals surface area contributed by atoms with E-state index in [1.54, 1.807) is 13.8 Å². The van der Waals surface area contributed by atoms with Gasteiger partial charge in [-0.25, -0.2) is 0 Å². The van der Waals surface area contributed by atoms with Crippen molar-refractivity contribution >= 4 is 0 Å². The van der Waals surface area contributed by atoms with E-state index >= 15 is 0 Å². The van der Waals surface area contributed by atoms with Gasteiger partial charge in [0.1, 0.15) is 0 Å². The van der Waals surface area contributed by atoms with Crippen LogP contribution in [0.25, 0.3) is 0 Å². The monoisotopic (exact) mass is 326 g/mol. The second kappa shape index (κ2) is 5.78. The van der Waals surface area contributed by atoms with Crippen LogP contribution in [0.3, 0.4) is 0 Å². The lowest BCUT2D eigenvalue weighted by atomic mass is 9.77. The molecule has 0 radical (unpaired) electrons. The first-order chi connectivity index (χ1) is 9.77. The highest BCUT2D eigenvalue weighted by Gasteiger charge is 2.68. The molecule has 0 aliphatic carbocycles. The van der Waals surface area contributed by atoms with E-state index in [1.807, 2.05) is 13.8 Å². The third kappa shape index (κ3) is 2.97. The van der Waals surface area contributed by atoms with Gasteiger partial charge in [0.2, 0.25) is 0 Å². The zero-order valence-corrected chi connectivity index (χ0v) is 13.2. The molecule has 0 aliphatic rings. The summed E-state index contributed by atoms with van der Waals surface area (Å²) in [5.74, 6) is 0.0806.